The van der Waals surface area contributed by atoms with Crippen molar-refractivity contribution >= 4 is 41.3 Å². The molecule has 0 saturated carbocycles. The van der Waals surface area contributed by atoms with Crippen LogP contribution in [0.3, 0.4) is 0 Å². The molecule has 0 amide bonds. The number of hydrogen-bond donors (Lipinski definition) is 1. The Hall–Kier alpha value is -1.23. The Morgan fingerprint density at radius 2 is 2.10 bits per heavy atom. The molecule has 1 saturated heterocycles. The van der Waals surface area contributed by atoms with E-state index in [9.17, 15) is 0 Å². The molecule has 1 aromatic heterocycles. The first-order valence-corrected chi connectivity index (χ1v) is 10.6. The van der Waals surface area contributed by atoms with E-state index < -0.39 is 0 Å². The molecule has 0 aliphatic carbocycles. The lowest BCUT2D eigenvalue weighted by atomic mass is 10.1. The van der Waals surface area contributed by atoms with E-state index in [0.29, 0.717) is 12.7 Å². The first-order valence-electron chi connectivity index (χ1n) is 9.74. The zero-order valence-electron chi connectivity index (χ0n) is 17.4. The van der Waals surface area contributed by atoms with E-state index >= 15 is 0 Å². The summed E-state index contributed by atoms with van der Waals surface area (Å²) in [6.45, 7) is 5.75. The average molecular weight is 530 g/mol. The molecule has 1 aliphatic rings. The monoisotopic (exact) mass is 530 g/mol. The van der Waals surface area contributed by atoms with E-state index in [2.05, 4.69) is 49.8 Å². The third-order valence-corrected chi connectivity index (χ3v) is 5.56. The zero-order valence-corrected chi connectivity index (χ0v) is 20.5. The van der Waals surface area contributed by atoms with E-state index in [1.807, 2.05) is 21.0 Å². The predicted octanol–water partition coefficient (Wildman–Crippen LogP) is 3.97. The maximum Gasteiger partial charge on any atom is 0.194 e. The molecule has 1 aliphatic heterocycles. The van der Waals surface area contributed by atoms with Gasteiger partial charge in [0.1, 0.15) is 0 Å². The molecule has 0 unspecified atom stereocenters. The minimum absolute atomic E-state index is 0. The zero-order chi connectivity index (χ0) is 19.8. The van der Waals surface area contributed by atoms with Crippen LogP contribution in [0.25, 0.3) is 0 Å². The van der Waals surface area contributed by atoms with Gasteiger partial charge in [0.25, 0.3) is 0 Å². The number of aliphatic imine (C=N–C) groups is 1. The van der Waals surface area contributed by atoms with Crippen LogP contribution in [0.5, 0.6) is 0 Å². The summed E-state index contributed by atoms with van der Waals surface area (Å²) in [6.07, 6.45) is 2.29. The van der Waals surface area contributed by atoms with Crippen LogP contribution >= 0.6 is 35.3 Å². The Morgan fingerprint density at radius 1 is 1.34 bits per heavy atom. The Kier molecular flexibility index (Phi) is 10.3. The quantitative estimate of drug-likeness (QED) is 0.334. The largest absolute Gasteiger partial charge is 0.381 e. The standard InChI is InChI=1S/C21H30N4O2S.HI/c1-16-24-19(15-28-16)13-25(3)21(22-2)23-12-17-5-4-6-18(11-17)14-27-20-7-9-26-10-8-20;/h4-6,11,15,20H,7-10,12-14H2,1-3H3,(H,22,23);1H. The molecule has 0 bridgehead atoms. The van der Waals surface area contributed by atoms with Crippen LogP contribution in [0.1, 0.15) is 34.7 Å². The minimum atomic E-state index is 0. The number of thiazole rings is 1. The number of benzene rings is 1. The lowest BCUT2D eigenvalue weighted by molar-refractivity contribution is -0.0390. The van der Waals surface area contributed by atoms with Crippen molar-refractivity contribution in [2.75, 3.05) is 27.3 Å². The molecular weight excluding hydrogens is 499 g/mol. The maximum atomic E-state index is 6.04. The molecule has 0 radical (unpaired) electrons. The van der Waals surface area contributed by atoms with E-state index in [1.165, 1.54) is 11.1 Å². The van der Waals surface area contributed by atoms with Crippen LogP contribution in [-0.2, 0) is 29.2 Å². The number of nitrogens with zero attached hydrogens (tertiary/aromatic N) is 3. The number of nitrogens with one attached hydrogen (secondary N) is 1. The van der Waals surface area contributed by atoms with Crippen molar-refractivity contribution in [2.45, 2.75) is 45.6 Å². The van der Waals surface area contributed by atoms with Crippen molar-refractivity contribution in [1.29, 1.82) is 0 Å². The van der Waals surface area contributed by atoms with Gasteiger partial charge in [-0.05, 0) is 30.9 Å². The van der Waals surface area contributed by atoms with Crippen molar-refractivity contribution in [2.24, 2.45) is 4.99 Å². The molecule has 2 heterocycles. The second-order valence-corrected chi connectivity index (χ2v) is 8.12. The molecule has 29 heavy (non-hydrogen) atoms. The fourth-order valence-electron chi connectivity index (χ4n) is 3.25. The molecule has 6 nitrogen and oxygen atoms in total. The van der Waals surface area contributed by atoms with Gasteiger partial charge < -0.3 is 19.7 Å². The van der Waals surface area contributed by atoms with Crippen LogP contribution in [0, 0.1) is 6.92 Å². The Morgan fingerprint density at radius 3 is 2.79 bits per heavy atom. The molecule has 8 heteroatoms. The topological polar surface area (TPSA) is 59.0 Å². The number of hydrogen-bond acceptors (Lipinski definition) is 5. The van der Waals surface area contributed by atoms with Crippen molar-refractivity contribution in [3.05, 3.63) is 51.5 Å². The van der Waals surface area contributed by atoms with Gasteiger partial charge in [0.05, 0.1) is 30.0 Å². The lowest BCUT2D eigenvalue weighted by Gasteiger charge is -2.23. The highest BCUT2D eigenvalue weighted by molar-refractivity contribution is 14.0. The Bertz CT molecular complexity index is 778. The van der Waals surface area contributed by atoms with Crippen LogP contribution in [0.4, 0.5) is 0 Å². The summed E-state index contributed by atoms with van der Waals surface area (Å²) in [5, 5.41) is 6.63. The molecule has 160 valence electrons. The Balaban J connectivity index is 0.00000300. The molecule has 1 fully saturated rings. The first-order chi connectivity index (χ1) is 13.6. The highest BCUT2D eigenvalue weighted by atomic mass is 127. The third-order valence-electron chi connectivity index (χ3n) is 4.74. The number of halogens is 1. The van der Waals surface area contributed by atoms with Crippen molar-refractivity contribution in [1.82, 2.24) is 15.2 Å². The van der Waals surface area contributed by atoms with Gasteiger partial charge in [-0.3, -0.25) is 4.99 Å². The molecular formula is C21H31IN4O2S. The second kappa shape index (κ2) is 12.5. The van der Waals surface area contributed by atoms with Gasteiger partial charge in [-0.2, -0.15) is 0 Å². The summed E-state index contributed by atoms with van der Waals surface area (Å²) in [5.74, 6) is 0.856. The number of aromatic nitrogens is 1. The van der Waals surface area contributed by atoms with Gasteiger partial charge in [0, 0.05) is 39.2 Å². The van der Waals surface area contributed by atoms with Gasteiger partial charge in [0.2, 0.25) is 0 Å². The average Bonchev–Trinajstić information content (AvgIpc) is 3.12. The van der Waals surface area contributed by atoms with Crippen molar-refractivity contribution in [3.8, 4) is 0 Å². The summed E-state index contributed by atoms with van der Waals surface area (Å²) in [6, 6.07) is 8.53. The lowest BCUT2D eigenvalue weighted by Crippen LogP contribution is -2.38. The third kappa shape index (κ3) is 7.84. The number of ether oxygens (including phenoxy) is 2. The summed E-state index contributed by atoms with van der Waals surface area (Å²) < 4.78 is 11.4. The normalized spacial score (nSPS) is 15.1. The van der Waals surface area contributed by atoms with Gasteiger partial charge in [-0.1, -0.05) is 24.3 Å². The summed E-state index contributed by atoms with van der Waals surface area (Å²) >= 11 is 1.68. The molecule has 3 rings (SSSR count). The van der Waals surface area contributed by atoms with Crippen LogP contribution in [0.2, 0.25) is 0 Å². The molecule has 1 N–H and O–H groups in total. The summed E-state index contributed by atoms with van der Waals surface area (Å²) in [7, 11) is 3.84. The molecule has 1 aromatic carbocycles. The highest BCUT2D eigenvalue weighted by Gasteiger charge is 2.14. The van der Waals surface area contributed by atoms with Crippen molar-refractivity contribution in [3.63, 3.8) is 0 Å². The first kappa shape index (κ1) is 24.0. The molecule has 0 spiro atoms. The Labute approximate surface area is 194 Å². The summed E-state index contributed by atoms with van der Waals surface area (Å²) in [4.78, 5) is 11.0. The van der Waals surface area contributed by atoms with E-state index in [4.69, 9.17) is 9.47 Å². The van der Waals surface area contributed by atoms with Crippen LogP contribution < -0.4 is 5.32 Å². The van der Waals surface area contributed by atoms with E-state index in [0.717, 1.165) is 55.8 Å². The molecule has 0 atom stereocenters. The summed E-state index contributed by atoms with van der Waals surface area (Å²) in [5.41, 5.74) is 3.49. The number of aryl methyl sites for hydroxylation is 1. The van der Waals surface area contributed by atoms with Crippen LogP contribution in [0.15, 0.2) is 34.6 Å². The predicted molar refractivity (Wildman–Crippen MR) is 129 cm³/mol. The van der Waals surface area contributed by atoms with Gasteiger partial charge in [-0.15, -0.1) is 35.3 Å². The minimum Gasteiger partial charge on any atom is -0.381 e. The number of guanidine groups is 1. The molecule has 2 aromatic rings. The maximum absolute atomic E-state index is 6.04. The van der Waals surface area contributed by atoms with Gasteiger partial charge in [0.15, 0.2) is 5.96 Å². The fourth-order valence-corrected chi connectivity index (χ4v) is 3.85. The van der Waals surface area contributed by atoms with Crippen LogP contribution in [-0.4, -0.2) is 49.3 Å². The SMILES string of the molecule is CN=C(NCc1cccc(COC2CCOCC2)c1)N(C)Cc1csc(C)n1.I. The van der Waals surface area contributed by atoms with Gasteiger partial charge in [-0.25, -0.2) is 4.98 Å². The van der Waals surface area contributed by atoms with E-state index in [-0.39, 0.29) is 24.0 Å². The van der Waals surface area contributed by atoms with Crippen molar-refractivity contribution < 1.29 is 9.47 Å². The second-order valence-electron chi connectivity index (χ2n) is 7.06. The number of rotatable bonds is 7. The smallest absolute Gasteiger partial charge is 0.194 e. The highest BCUT2D eigenvalue weighted by Crippen LogP contribution is 2.14. The fraction of sp³-hybridized carbons (Fsp3) is 0.524. The van der Waals surface area contributed by atoms with E-state index in [1.54, 1.807) is 11.3 Å². The van der Waals surface area contributed by atoms with Gasteiger partial charge >= 0.3 is 0 Å².